The average Bonchev–Trinajstić information content (AvgIpc) is 2.97. The highest BCUT2D eigenvalue weighted by molar-refractivity contribution is 6.30. The van der Waals surface area contributed by atoms with Crippen LogP contribution < -0.4 is 11.3 Å². The van der Waals surface area contributed by atoms with Crippen LogP contribution in [0.5, 0.6) is 0 Å². The number of hydrogen-bond donors (Lipinski definition) is 2. The molecule has 0 saturated carbocycles. The summed E-state index contributed by atoms with van der Waals surface area (Å²) in [7, 11) is 0. The summed E-state index contributed by atoms with van der Waals surface area (Å²) in [4.78, 5) is 17.1. The molecular formula is C18H15ClN6O. The number of fused-ring (bicyclic) bond motifs is 3. The summed E-state index contributed by atoms with van der Waals surface area (Å²) in [5, 5.41) is 8.92. The van der Waals surface area contributed by atoms with Crippen LogP contribution in [0.4, 0.5) is 0 Å². The minimum atomic E-state index is -0.917. The highest BCUT2D eigenvalue weighted by Gasteiger charge is 2.32. The van der Waals surface area contributed by atoms with Gasteiger partial charge in [0.25, 0.3) is 5.91 Å². The molecule has 4 rings (SSSR count). The van der Waals surface area contributed by atoms with Crippen LogP contribution in [0, 0.1) is 6.92 Å². The second-order valence-corrected chi connectivity index (χ2v) is 6.29. The molecular weight excluding hydrogens is 352 g/mol. The van der Waals surface area contributed by atoms with E-state index in [1.54, 1.807) is 12.1 Å². The van der Waals surface area contributed by atoms with E-state index in [0.29, 0.717) is 22.4 Å². The van der Waals surface area contributed by atoms with Gasteiger partial charge in [-0.15, -0.1) is 10.2 Å². The zero-order chi connectivity index (χ0) is 18.3. The topological polar surface area (TPSA) is 98.2 Å². The monoisotopic (exact) mass is 366 g/mol. The summed E-state index contributed by atoms with van der Waals surface area (Å²) in [5.41, 5.74) is 5.40. The first-order chi connectivity index (χ1) is 12.6. The van der Waals surface area contributed by atoms with E-state index in [9.17, 15) is 4.79 Å². The number of amides is 1. The number of carbonyl (C=O) groups is 1. The molecule has 8 heteroatoms. The number of hydrogen-bond acceptors (Lipinski definition) is 5. The van der Waals surface area contributed by atoms with E-state index in [-0.39, 0.29) is 0 Å². The van der Waals surface area contributed by atoms with Crippen molar-refractivity contribution in [3.05, 3.63) is 76.3 Å². The lowest BCUT2D eigenvalue weighted by Gasteiger charge is -2.12. The highest BCUT2D eigenvalue weighted by Crippen LogP contribution is 2.31. The molecule has 7 nitrogen and oxygen atoms in total. The third kappa shape index (κ3) is 2.58. The molecule has 3 aromatic rings. The fourth-order valence-corrected chi connectivity index (χ4v) is 3.20. The molecule has 1 aliphatic rings. The van der Waals surface area contributed by atoms with Gasteiger partial charge >= 0.3 is 0 Å². The Morgan fingerprint density at radius 3 is 2.62 bits per heavy atom. The maximum Gasteiger partial charge on any atom is 0.266 e. The molecule has 0 radical (unpaired) electrons. The number of benzene rings is 2. The Balaban J connectivity index is 2.03. The van der Waals surface area contributed by atoms with Crippen LogP contribution in [0.3, 0.4) is 0 Å². The predicted molar refractivity (Wildman–Crippen MR) is 98.3 cm³/mol. The van der Waals surface area contributed by atoms with Crippen LogP contribution in [-0.2, 0) is 4.79 Å². The lowest BCUT2D eigenvalue weighted by Crippen LogP contribution is -2.35. The summed E-state index contributed by atoms with van der Waals surface area (Å²) in [5.74, 6) is 6.00. The SMILES string of the molecule is Cc1nnc2n1-c1ccccc1C(c1ccc(Cl)cc1)=NC2C(=O)NN. The molecule has 26 heavy (non-hydrogen) atoms. The third-order valence-electron chi connectivity index (χ3n) is 4.26. The van der Waals surface area contributed by atoms with E-state index in [4.69, 9.17) is 22.4 Å². The zero-order valence-electron chi connectivity index (χ0n) is 13.8. The van der Waals surface area contributed by atoms with Gasteiger partial charge in [-0.2, -0.15) is 0 Å². The molecule has 130 valence electrons. The summed E-state index contributed by atoms with van der Waals surface area (Å²) in [6.07, 6.45) is 0. The molecule has 1 aliphatic heterocycles. The number of aliphatic imine (C=N–C) groups is 1. The van der Waals surface area contributed by atoms with Gasteiger partial charge in [0.2, 0.25) is 0 Å². The van der Waals surface area contributed by atoms with E-state index in [2.05, 4.69) is 15.6 Å². The van der Waals surface area contributed by atoms with Gasteiger partial charge < -0.3 is 0 Å². The number of aromatic nitrogens is 3. The zero-order valence-corrected chi connectivity index (χ0v) is 14.6. The van der Waals surface area contributed by atoms with Crippen molar-refractivity contribution >= 4 is 23.2 Å². The van der Waals surface area contributed by atoms with E-state index < -0.39 is 11.9 Å². The number of nitrogens with two attached hydrogens (primary N) is 1. The molecule has 2 aromatic carbocycles. The first-order valence-electron chi connectivity index (χ1n) is 7.96. The summed E-state index contributed by atoms with van der Waals surface area (Å²) in [6.45, 7) is 1.83. The Hall–Kier alpha value is -3.03. The number of rotatable bonds is 2. The van der Waals surface area contributed by atoms with Crippen LogP contribution in [0.15, 0.2) is 53.5 Å². The van der Waals surface area contributed by atoms with Crippen LogP contribution in [0.2, 0.25) is 5.02 Å². The molecule has 1 aromatic heterocycles. The first kappa shape index (κ1) is 16.4. The molecule has 3 N–H and O–H groups in total. The number of para-hydroxylation sites is 1. The number of hydrazine groups is 1. The van der Waals surface area contributed by atoms with Gasteiger partial charge in [0, 0.05) is 16.1 Å². The Labute approximate surface area is 154 Å². The van der Waals surface area contributed by atoms with E-state index in [1.165, 1.54) is 0 Å². The van der Waals surface area contributed by atoms with Gasteiger partial charge in [-0.05, 0) is 25.1 Å². The minimum Gasteiger partial charge on any atom is -0.292 e. The van der Waals surface area contributed by atoms with Crippen LogP contribution in [-0.4, -0.2) is 26.4 Å². The second kappa shape index (κ2) is 6.36. The molecule has 0 fully saturated rings. The predicted octanol–water partition coefficient (Wildman–Crippen LogP) is 2.11. The summed E-state index contributed by atoms with van der Waals surface area (Å²) < 4.78 is 1.83. The molecule has 2 heterocycles. The maximum atomic E-state index is 12.4. The molecule has 0 bridgehead atoms. The smallest absolute Gasteiger partial charge is 0.266 e. The molecule has 0 spiro atoms. The number of carbonyl (C=O) groups excluding carboxylic acids is 1. The number of nitrogens with one attached hydrogen (secondary N) is 1. The first-order valence-corrected chi connectivity index (χ1v) is 8.34. The van der Waals surface area contributed by atoms with Gasteiger partial charge in [0.05, 0.1) is 11.4 Å². The van der Waals surface area contributed by atoms with Crippen molar-refractivity contribution in [3.8, 4) is 5.69 Å². The molecule has 0 saturated heterocycles. The molecule has 0 aliphatic carbocycles. The Morgan fingerprint density at radius 2 is 1.88 bits per heavy atom. The largest absolute Gasteiger partial charge is 0.292 e. The van der Waals surface area contributed by atoms with Crippen molar-refractivity contribution < 1.29 is 4.79 Å². The van der Waals surface area contributed by atoms with Crippen LogP contribution in [0.25, 0.3) is 5.69 Å². The summed E-state index contributed by atoms with van der Waals surface area (Å²) >= 11 is 6.02. The van der Waals surface area contributed by atoms with Gasteiger partial charge in [-0.3, -0.25) is 19.8 Å². The minimum absolute atomic E-state index is 0.418. The summed E-state index contributed by atoms with van der Waals surface area (Å²) in [6, 6.07) is 14.1. The second-order valence-electron chi connectivity index (χ2n) is 5.85. The van der Waals surface area contributed by atoms with Gasteiger partial charge in [-0.1, -0.05) is 41.9 Å². The van der Waals surface area contributed by atoms with Crippen molar-refractivity contribution in [3.63, 3.8) is 0 Å². The lowest BCUT2D eigenvalue weighted by atomic mass is 10.0. The van der Waals surface area contributed by atoms with Gasteiger partial charge in [0.1, 0.15) is 5.82 Å². The highest BCUT2D eigenvalue weighted by atomic mass is 35.5. The average molecular weight is 367 g/mol. The number of aryl methyl sites for hydroxylation is 1. The van der Waals surface area contributed by atoms with Crippen molar-refractivity contribution in [2.24, 2.45) is 10.8 Å². The normalized spacial score (nSPS) is 15.5. The molecule has 1 unspecified atom stereocenters. The van der Waals surface area contributed by atoms with E-state index in [1.807, 2.05) is 47.9 Å². The standard InChI is InChI=1S/C18H15ClN6O/c1-10-23-24-17-16(18(26)22-20)21-15(11-6-8-12(19)9-7-11)13-4-2-3-5-14(13)25(10)17/h2-9,16H,20H2,1H3,(H,22,26). The van der Waals surface area contributed by atoms with E-state index in [0.717, 1.165) is 16.8 Å². The Kier molecular flexibility index (Phi) is 4.02. The van der Waals surface area contributed by atoms with E-state index >= 15 is 0 Å². The Bertz CT molecular complexity index is 1020. The Morgan fingerprint density at radius 1 is 1.15 bits per heavy atom. The quantitative estimate of drug-likeness (QED) is 0.412. The van der Waals surface area contributed by atoms with Gasteiger partial charge in [-0.25, -0.2) is 5.84 Å². The van der Waals surface area contributed by atoms with Gasteiger partial charge in [0.15, 0.2) is 11.9 Å². The van der Waals surface area contributed by atoms with Crippen molar-refractivity contribution in [2.75, 3.05) is 0 Å². The van der Waals surface area contributed by atoms with Crippen LogP contribution >= 0.6 is 11.6 Å². The number of nitrogens with zero attached hydrogens (tertiary/aromatic N) is 4. The molecule has 1 amide bonds. The fourth-order valence-electron chi connectivity index (χ4n) is 3.07. The molecule has 1 atom stereocenters. The fraction of sp³-hybridized carbons (Fsp3) is 0.111. The number of halogens is 1. The van der Waals surface area contributed by atoms with Crippen molar-refractivity contribution in [1.82, 2.24) is 20.2 Å². The van der Waals surface area contributed by atoms with Crippen LogP contribution in [0.1, 0.15) is 28.8 Å². The van der Waals surface area contributed by atoms with Crippen molar-refractivity contribution in [1.29, 1.82) is 0 Å². The lowest BCUT2D eigenvalue weighted by molar-refractivity contribution is -0.122. The maximum absolute atomic E-state index is 12.4. The third-order valence-corrected chi connectivity index (χ3v) is 4.51. The van der Waals surface area contributed by atoms with Crippen molar-refractivity contribution in [2.45, 2.75) is 13.0 Å².